The van der Waals surface area contributed by atoms with Crippen LogP contribution in [0.15, 0.2) is 0 Å². The molecular weight excluding hydrogens is 258 g/mol. The topological polar surface area (TPSA) is 37.3 Å². The monoisotopic (exact) mass is 290 g/mol. The number of unbranched alkanes of at least 4 members (excludes halogenated alkanes) is 8. The van der Waals surface area contributed by atoms with E-state index in [2.05, 4.69) is 12.6 Å². The Bertz CT molecular complexity index is 232. The second-order valence-electron chi connectivity index (χ2n) is 6.12. The molecule has 0 aliphatic heterocycles. The number of carboxylic acids is 1. The van der Waals surface area contributed by atoms with Gasteiger partial charge in [-0.15, -0.1) is 0 Å². The lowest BCUT2D eigenvalue weighted by Gasteiger charge is -2.27. The molecule has 3 nitrogen and oxygen atoms in total. The van der Waals surface area contributed by atoms with E-state index < -0.39 is 5.97 Å². The van der Waals surface area contributed by atoms with E-state index in [1.165, 1.54) is 51.4 Å². The fraction of sp³-hybridized carbons (Fsp3) is 0.933. The van der Waals surface area contributed by atoms with Crippen molar-refractivity contribution >= 4 is 18.6 Å². The second kappa shape index (κ2) is 11.6. The van der Waals surface area contributed by atoms with Crippen LogP contribution in [-0.2, 0) is 4.79 Å². The fourth-order valence-corrected chi connectivity index (χ4v) is 2.56. The van der Waals surface area contributed by atoms with Crippen molar-refractivity contribution in [1.82, 2.24) is 0 Å². The number of nitrogens with zero attached hydrogens (tertiary/aromatic N) is 1. The number of hydrogen-bond acceptors (Lipinski definition) is 2. The highest BCUT2D eigenvalue weighted by molar-refractivity contribution is 7.80. The summed E-state index contributed by atoms with van der Waals surface area (Å²) >= 11 is 4.21. The van der Waals surface area contributed by atoms with E-state index in [9.17, 15) is 4.79 Å². The molecule has 0 saturated heterocycles. The molecule has 0 aliphatic carbocycles. The maximum absolute atomic E-state index is 10.7. The van der Waals surface area contributed by atoms with Gasteiger partial charge in [-0.25, -0.2) is 4.79 Å². The van der Waals surface area contributed by atoms with Gasteiger partial charge >= 0.3 is 5.97 Å². The third-order valence-electron chi connectivity index (χ3n) is 3.48. The molecule has 4 heteroatoms. The highest BCUT2D eigenvalue weighted by atomic mass is 32.1. The van der Waals surface area contributed by atoms with Crippen LogP contribution in [0.5, 0.6) is 0 Å². The maximum Gasteiger partial charge on any atom is 0.359 e. The first-order valence-electron chi connectivity index (χ1n) is 7.62. The molecule has 0 aromatic heterocycles. The molecule has 0 amide bonds. The summed E-state index contributed by atoms with van der Waals surface area (Å²) in [4.78, 5) is 10.7. The summed E-state index contributed by atoms with van der Waals surface area (Å²) in [6.45, 7) is 1.19. The second-order valence-corrected chi connectivity index (χ2v) is 6.56. The molecule has 0 heterocycles. The molecule has 0 atom stereocenters. The lowest BCUT2D eigenvalue weighted by molar-refractivity contribution is -0.883. The molecule has 0 saturated carbocycles. The summed E-state index contributed by atoms with van der Waals surface area (Å²) < 4.78 is 0.596. The van der Waals surface area contributed by atoms with Gasteiger partial charge in [-0.05, 0) is 25.0 Å². The van der Waals surface area contributed by atoms with E-state index in [1.807, 2.05) is 14.1 Å². The normalized spacial score (nSPS) is 11.7. The van der Waals surface area contributed by atoms with Crippen LogP contribution in [0.2, 0.25) is 0 Å². The van der Waals surface area contributed by atoms with Gasteiger partial charge in [0, 0.05) is 0 Å². The molecule has 0 aromatic carbocycles. The predicted octanol–water partition coefficient (Wildman–Crippen LogP) is 3.59. The number of aliphatic carboxylic acids is 1. The lowest BCUT2D eigenvalue weighted by Crippen LogP contribution is -2.44. The molecule has 0 fully saturated rings. The van der Waals surface area contributed by atoms with Crippen LogP contribution in [0.4, 0.5) is 0 Å². The zero-order valence-electron chi connectivity index (χ0n) is 12.7. The number of carbonyl (C=O) groups is 1. The summed E-state index contributed by atoms with van der Waals surface area (Å²) in [6, 6.07) is 0. The molecule has 0 aliphatic rings. The smallest absolute Gasteiger partial charge is 0.359 e. The summed E-state index contributed by atoms with van der Waals surface area (Å²) in [7, 11) is 3.99. The van der Waals surface area contributed by atoms with Gasteiger partial charge in [-0.3, -0.25) is 0 Å². The van der Waals surface area contributed by atoms with Crippen LogP contribution in [0.1, 0.15) is 57.8 Å². The van der Waals surface area contributed by atoms with E-state index in [1.54, 1.807) is 0 Å². The predicted molar refractivity (Wildman–Crippen MR) is 84.9 cm³/mol. The Kier molecular flexibility index (Phi) is 11.5. The fourth-order valence-electron chi connectivity index (χ4n) is 2.33. The average Bonchev–Trinajstić information content (AvgIpc) is 2.30. The van der Waals surface area contributed by atoms with Crippen LogP contribution in [0.25, 0.3) is 0 Å². The van der Waals surface area contributed by atoms with Crippen molar-refractivity contribution in [1.29, 1.82) is 0 Å². The van der Waals surface area contributed by atoms with Crippen LogP contribution >= 0.6 is 12.6 Å². The molecule has 0 bridgehead atoms. The molecule has 0 spiro atoms. The highest BCUT2D eigenvalue weighted by Gasteiger charge is 2.18. The van der Waals surface area contributed by atoms with Gasteiger partial charge in [-0.2, -0.15) is 12.6 Å². The van der Waals surface area contributed by atoms with Crippen molar-refractivity contribution in [2.45, 2.75) is 57.8 Å². The Morgan fingerprint density at radius 3 is 1.74 bits per heavy atom. The van der Waals surface area contributed by atoms with Crippen molar-refractivity contribution < 1.29 is 14.4 Å². The van der Waals surface area contributed by atoms with E-state index in [0.717, 1.165) is 18.7 Å². The van der Waals surface area contributed by atoms with Gasteiger partial charge in [0.05, 0.1) is 20.6 Å². The molecule has 114 valence electrons. The largest absolute Gasteiger partial charge is 0.477 e. The summed E-state index contributed by atoms with van der Waals surface area (Å²) in [5, 5.41) is 8.79. The number of rotatable bonds is 13. The SMILES string of the molecule is C[N+](C)(CCCCCCCCCCCS)CC(=O)O. The van der Waals surface area contributed by atoms with E-state index >= 15 is 0 Å². The van der Waals surface area contributed by atoms with E-state index in [0.29, 0.717) is 4.48 Å². The molecule has 19 heavy (non-hydrogen) atoms. The minimum atomic E-state index is -0.703. The Hall–Kier alpha value is -0.220. The number of likely N-dealkylation sites (N-methyl/N-ethyl adjacent to an activating group) is 1. The number of hydrogen-bond donors (Lipinski definition) is 2. The Morgan fingerprint density at radius 2 is 1.32 bits per heavy atom. The van der Waals surface area contributed by atoms with Gasteiger partial charge in [-0.1, -0.05) is 38.5 Å². The maximum atomic E-state index is 10.7. The Morgan fingerprint density at radius 1 is 0.895 bits per heavy atom. The molecule has 0 aromatic rings. The highest BCUT2D eigenvalue weighted by Crippen LogP contribution is 2.11. The quantitative estimate of drug-likeness (QED) is 0.309. The van der Waals surface area contributed by atoms with Crippen LogP contribution in [0, 0.1) is 0 Å². The summed E-state index contributed by atoms with van der Waals surface area (Å²) in [6.07, 6.45) is 11.6. The minimum Gasteiger partial charge on any atom is -0.477 e. The molecular formula is C15H32NO2S+. The minimum absolute atomic E-state index is 0.227. The van der Waals surface area contributed by atoms with Crippen molar-refractivity contribution in [3.8, 4) is 0 Å². The van der Waals surface area contributed by atoms with Gasteiger partial charge in [0.25, 0.3) is 0 Å². The van der Waals surface area contributed by atoms with Crippen molar-refractivity contribution in [2.24, 2.45) is 0 Å². The van der Waals surface area contributed by atoms with Gasteiger partial charge in [0.2, 0.25) is 0 Å². The lowest BCUT2D eigenvalue weighted by atomic mass is 10.1. The van der Waals surface area contributed by atoms with E-state index in [-0.39, 0.29) is 6.54 Å². The molecule has 0 radical (unpaired) electrons. The van der Waals surface area contributed by atoms with Crippen molar-refractivity contribution in [3.63, 3.8) is 0 Å². The number of quaternary nitrogens is 1. The van der Waals surface area contributed by atoms with Gasteiger partial charge in [0.15, 0.2) is 6.54 Å². The standard InChI is InChI=1S/C15H31NO2S/c1-16(2,14-15(17)18)12-10-8-6-4-3-5-7-9-11-13-19/h3-14H2,1-2H3,(H-,17,18,19)/p+1. The van der Waals surface area contributed by atoms with Crippen LogP contribution in [-0.4, -0.2) is 48.5 Å². The first-order chi connectivity index (χ1) is 8.98. The molecule has 1 N–H and O–H groups in total. The van der Waals surface area contributed by atoms with E-state index in [4.69, 9.17) is 5.11 Å². The third-order valence-corrected chi connectivity index (χ3v) is 3.80. The number of carboxylic acid groups (broad SMARTS) is 1. The zero-order valence-corrected chi connectivity index (χ0v) is 13.6. The summed E-state index contributed by atoms with van der Waals surface area (Å²) in [5.41, 5.74) is 0. The molecule has 0 unspecified atom stereocenters. The van der Waals surface area contributed by atoms with Gasteiger partial charge in [0.1, 0.15) is 0 Å². The molecule has 0 rings (SSSR count). The first kappa shape index (κ1) is 18.8. The first-order valence-corrected chi connectivity index (χ1v) is 8.26. The average molecular weight is 290 g/mol. The summed E-state index contributed by atoms with van der Waals surface area (Å²) in [5.74, 6) is 0.316. The Balaban J connectivity index is 3.28. The van der Waals surface area contributed by atoms with Crippen molar-refractivity contribution in [2.75, 3.05) is 32.9 Å². The third kappa shape index (κ3) is 14.0. The van der Waals surface area contributed by atoms with Crippen LogP contribution in [0.3, 0.4) is 0 Å². The number of thiol groups is 1. The van der Waals surface area contributed by atoms with Crippen LogP contribution < -0.4 is 0 Å². The van der Waals surface area contributed by atoms with Gasteiger partial charge < -0.3 is 9.59 Å². The Labute approximate surface area is 124 Å². The van der Waals surface area contributed by atoms with Crippen molar-refractivity contribution in [3.05, 3.63) is 0 Å². The zero-order chi connectivity index (χ0) is 14.6.